The minimum absolute atomic E-state index is 0.322. The van der Waals surface area contributed by atoms with Crippen molar-refractivity contribution in [1.29, 1.82) is 0 Å². The molecule has 3 aromatic carbocycles. The Kier molecular flexibility index (Phi) is 8.73. The number of benzene rings is 3. The highest BCUT2D eigenvalue weighted by atomic mass is 35.5. The molecule has 4 nitrogen and oxygen atoms in total. The Labute approximate surface area is 198 Å². The van der Waals surface area contributed by atoms with Crippen LogP contribution in [0.1, 0.15) is 16.7 Å². The van der Waals surface area contributed by atoms with Crippen molar-refractivity contribution in [3.05, 3.63) is 86.4 Å². The third-order valence-corrected chi connectivity index (χ3v) is 5.87. The lowest BCUT2D eigenvalue weighted by Crippen LogP contribution is -2.17. The van der Waals surface area contributed by atoms with E-state index >= 15 is 0 Å². The number of methoxy groups -OCH3 is 2. The van der Waals surface area contributed by atoms with Crippen molar-refractivity contribution in [1.82, 2.24) is 5.32 Å². The Morgan fingerprint density at radius 2 is 1.48 bits per heavy atom. The molecule has 0 fully saturated rings. The number of nitrogens with one attached hydrogen (secondary N) is 1. The first-order chi connectivity index (χ1) is 15.0. The molecule has 3 aromatic rings. The summed E-state index contributed by atoms with van der Waals surface area (Å²) in [5.41, 5.74) is 3.08. The molecule has 0 aliphatic carbocycles. The van der Waals surface area contributed by atoms with Gasteiger partial charge in [0.25, 0.3) is 0 Å². The van der Waals surface area contributed by atoms with Crippen LogP contribution in [-0.2, 0) is 19.6 Å². The van der Waals surface area contributed by atoms with Gasteiger partial charge in [0.1, 0.15) is 12.4 Å². The van der Waals surface area contributed by atoms with Crippen molar-refractivity contribution < 1.29 is 14.2 Å². The van der Waals surface area contributed by atoms with Crippen molar-refractivity contribution in [2.24, 2.45) is 0 Å². The zero-order valence-corrected chi connectivity index (χ0v) is 19.7. The van der Waals surface area contributed by atoms with E-state index < -0.39 is 0 Å². The van der Waals surface area contributed by atoms with Gasteiger partial charge in [0.05, 0.1) is 24.3 Å². The first-order valence-corrected chi connectivity index (χ1v) is 10.9. The highest BCUT2D eigenvalue weighted by Gasteiger charge is 2.11. The zero-order valence-electron chi connectivity index (χ0n) is 17.4. The van der Waals surface area contributed by atoms with E-state index in [0.29, 0.717) is 39.7 Å². The van der Waals surface area contributed by atoms with Gasteiger partial charge in [0.2, 0.25) is 0 Å². The van der Waals surface area contributed by atoms with E-state index in [-0.39, 0.29) is 0 Å². The Morgan fingerprint density at radius 3 is 2.16 bits per heavy atom. The Balaban J connectivity index is 1.57. The molecule has 164 valence electrons. The Bertz CT molecular complexity index is 1010. The molecule has 0 amide bonds. The highest BCUT2D eigenvalue weighted by molar-refractivity contribution is 6.42. The third kappa shape index (κ3) is 6.68. The summed E-state index contributed by atoms with van der Waals surface area (Å²) in [6.45, 7) is 1.77. The predicted octanol–water partition coefficient (Wildman–Crippen LogP) is 6.58. The molecule has 1 N–H and O–H groups in total. The lowest BCUT2D eigenvalue weighted by molar-refractivity contribution is 0.284. The lowest BCUT2D eigenvalue weighted by Gasteiger charge is -2.15. The first-order valence-electron chi connectivity index (χ1n) is 9.77. The fourth-order valence-corrected chi connectivity index (χ4v) is 3.56. The first kappa shape index (κ1) is 23.6. The van der Waals surface area contributed by atoms with Gasteiger partial charge < -0.3 is 19.5 Å². The second-order valence-electron chi connectivity index (χ2n) is 6.91. The van der Waals surface area contributed by atoms with Crippen LogP contribution in [0.4, 0.5) is 0 Å². The molecular formula is C24H24Cl3NO3. The van der Waals surface area contributed by atoms with E-state index in [9.17, 15) is 0 Å². The fourth-order valence-electron chi connectivity index (χ4n) is 3.02. The lowest BCUT2D eigenvalue weighted by atomic mass is 10.1. The molecule has 0 radical (unpaired) electrons. The molecule has 0 aromatic heterocycles. The van der Waals surface area contributed by atoms with Gasteiger partial charge in [-0.25, -0.2) is 0 Å². The molecule has 0 aliphatic heterocycles. The van der Waals surface area contributed by atoms with Crippen LogP contribution in [0.25, 0.3) is 0 Å². The van der Waals surface area contributed by atoms with Crippen LogP contribution in [-0.4, -0.2) is 20.8 Å². The molecule has 0 heterocycles. The largest absolute Gasteiger partial charge is 0.497 e. The van der Waals surface area contributed by atoms with Crippen molar-refractivity contribution in [2.75, 3.05) is 20.8 Å². The summed E-state index contributed by atoms with van der Waals surface area (Å²) in [6.07, 6.45) is 0.906. The summed E-state index contributed by atoms with van der Waals surface area (Å²) in [7, 11) is 3.27. The van der Waals surface area contributed by atoms with Gasteiger partial charge in [0, 0.05) is 17.6 Å². The van der Waals surface area contributed by atoms with Crippen LogP contribution in [0, 0.1) is 0 Å². The van der Waals surface area contributed by atoms with Gasteiger partial charge in [-0.3, -0.25) is 0 Å². The van der Waals surface area contributed by atoms with Crippen LogP contribution in [0.3, 0.4) is 0 Å². The summed E-state index contributed by atoms with van der Waals surface area (Å²) in [4.78, 5) is 0. The van der Waals surface area contributed by atoms with E-state index in [1.165, 1.54) is 5.56 Å². The van der Waals surface area contributed by atoms with Crippen LogP contribution in [0.2, 0.25) is 15.1 Å². The molecule has 0 atom stereocenters. The van der Waals surface area contributed by atoms with E-state index in [1.54, 1.807) is 32.4 Å². The molecule has 0 unspecified atom stereocenters. The topological polar surface area (TPSA) is 39.7 Å². The molecule has 0 aliphatic rings. The standard InChI is InChI=1S/C24H24Cl3NO3/c1-29-19-6-3-16(4-7-19)9-10-28-14-18-12-23(30-2)24(13-21(18)26)31-15-17-5-8-20(25)22(27)11-17/h3-8,11-13,28H,9-10,14-15H2,1-2H3. The number of hydrogen-bond donors (Lipinski definition) is 1. The molecule has 0 spiro atoms. The summed E-state index contributed by atoms with van der Waals surface area (Å²) in [5.74, 6) is 2.05. The maximum absolute atomic E-state index is 6.49. The van der Waals surface area contributed by atoms with Crippen molar-refractivity contribution in [2.45, 2.75) is 19.6 Å². The quantitative estimate of drug-likeness (QED) is 0.333. The number of halogens is 3. The summed E-state index contributed by atoms with van der Waals surface area (Å²) >= 11 is 18.5. The number of hydrogen-bond acceptors (Lipinski definition) is 4. The summed E-state index contributed by atoms with van der Waals surface area (Å²) in [5, 5.41) is 5.03. The summed E-state index contributed by atoms with van der Waals surface area (Å²) < 4.78 is 16.6. The predicted molar refractivity (Wildman–Crippen MR) is 127 cm³/mol. The van der Waals surface area contributed by atoms with Crippen LogP contribution in [0.5, 0.6) is 17.2 Å². The van der Waals surface area contributed by atoms with Gasteiger partial charge in [-0.05, 0) is 60.0 Å². The zero-order chi connectivity index (χ0) is 22.2. The van der Waals surface area contributed by atoms with Gasteiger partial charge in [-0.1, -0.05) is 53.0 Å². The van der Waals surface area contributed by atoms with E-state index in [4.69, 9.17) is 49.0 Å². The normalized spacial score (nSPS) is 10.7. The second-order valence-corrected chi connectivity index (χ2v) is 8.13. The Hall–Kier alpha value is -2.11. The van der Waals surface area contributed by atoms with E-state index in [0.717, 1.165) is 29.8 Å². The Morgan fingerprint density at radius 1 is 0.742 bits per heavy atom. The minimum Gasteiger partial charge on any atom is -0.497 e. The molecule has 31 heavy (non-hydrogen) atoms. The summed E-state index contributed by atoms with van der Waals surface area (Å²) in [6, 6.07) is 17.1. The SMILES string of the molecule is COc1ccc(CCNCc2cc(OC)c(OCc3ccc(Cl)c(Cl)c3)cc2Cl)cc1. The highest BCUT2D eigenvalue weighted by Crippen LogP contribution is 2.34. The number of ether oxygens (including phenoxy) is 3. The van der Waals surface area contributed by atoms with E-state index in [1.807, 2.05) is 24.3 Å². The van der Waals surface area contributed by atoms with Crippen LogP contribution in [0.15, 0.2) is 54.6 Å². The molecule has 0 saturated carbocycles. The van der Waals surface area contributed by atoms with Crippen molar-refractivity contribution in [3.8, 4) is 17.2 Å². The number of rotatable bonds is 10. The van der Waals surface area contributed by atoms with E-state index in [2.05, 4.69) is 17.4 Å². The molecule has 0 saturated heterocycles. The van der Waals surface area contributed by atoms with Gasteiger partial charge in [0.15, 0.2) is 11.5 Å². The second kappa shape index (κ2) is 11.5. The molecule has 0 bridgehead atoms. The molecular weight excluding hydrogens is 457 g/mol. The maximum Gasteiger partial charge on any atom is 0.163 e. The van der Waals surface area contributed by atoms with Crippen LogP contribution >= 0.6 is 34.8 Å². The van der Waals surface area contributed by atoms with Gasteiger partial charge in [-0.2, -0.15) is 0 Å². The minimum atomic E-state index is 0.322. The van der Waals surface area contributed by atoms with Gasteiger partial charge in [-0.15, -0.1) is 0 Å². The molecule has 3 rings (SSSR count). The maximum atomic E-state index is 6.49. The fraction of sp³-hybridized carbons (Fsp3) is 0.250. The third-order valence-electron chi connectivity index (χ3n) is 4.78. The average Bonchev–Trinajstić information content (AvgIpc) is 2.78. The smallest absolute Gasteiger partial charge is 0.163 e. The van der Waals surface area contributed by atoms with Crippen molar-refractivity contribution >= 4 is 34.8 Å². The van der Waals surface area contributed by atoms with Crippen LogP contribution < -0.4 is 19.5 Å². The monoisotopic (exact) mass is 479 g/mol. The van der Waals surface area contributed by atoms with Crippen molar-refractivity contribution in [3.63, 3.8) is 0 Å². The van der Waals surface area contributed by atoms with Gasteiger partial charge >= 0.3 is 0 Å². The molecule has 7 heteroatoms. The average molecular weight is 481 g/mol.